The Bertz CT molecular complexity index is 822. The Hall–Kier alpha value is -2.24. The molecule has 0 radical (unpaired) electrons. The number of carbonyl (C=O) groups excluding carboxylic acids is 2. The first-order chi connectivity index (χ1) is 13.8. The second-order valence-corrected chi connectivity index (χ2v) is 7.81. The van der Waals surface area contributed by atoms with Crippen molar-refractivity contribution in [3.8, 4) is 5.75 Å². The van der Waals surface area contributed by atoms with E-state index in [0.29, 0.717) is 59.0 Å². The molecule has 7 heteroatoms. The first-order valence-electron chi connectivity index (χ1n) is 9.50. The minimum absolute atomic E-state index is 0.136. The van der Waals surface area contributed by atoms with Gasteiger partial charge in [0.15, 0.2) is 0 Å². The summed E-state index contributed by atoms with van der Waals surface area (Å²) in [7, 11) is 0. The van der Waals surface area contributed by atoms with Gasteiger partial charge in [0.05, 0.1) is 23.8 Å². The summed E-state index contributed by atoms with van der Waals surface area (Å²) in [5.74, 6) is 0.519. The number of halogens is 2. The molecule has 5 nitrogen and oxygen atoms in total. The molecule has 0 heterocycles. The molecular formula is C22H25Cl2NO4. The van der Waals surface area contributed by atoms with Crippen molar-refractivity contribution in [2.75, 3.05) is 18.5 Å². The van der Waals surface area contributed by atoms with Gasteiger partial charge in [-0.1, -0.05) is 37.0 Å². The molecule has 1 N–H and O–H groups in total. The van der Waals surface area contributed by atoms with Crippen LogP contribution in [0.15, 0.2) is 42.5 Å². The fourth-order valence-corrected chi connectivity index (χ4v) is 2.85. The lowest BCUT2D eigenvalue weighted by Crippen LogP contribution is -2.13. The van der Waals surface area contributed by atoms with E-state index in [9.17, 15) is 9.59 Å². The average molecular weight is 438 g/mol. The standard InChI is InChI=1S/C22H25Cl2NO4/c1-15(2)11-13-29-22(27)16-5-8-18(9-6-16)25-21(26)4-3-12-28-20-10-7-17(23)14-19(20)24/h5-10,14-15H,3-4,11-13H2,1-2H3,(H,25,26). The topological polar surface area (TPSA) is 64.6 Å². The van der Waals surface area contributed by atoms with Gasteiger partial charge in [-0.2, -0.15) is 0 Å². The molecule has 156 valence electrons. The van der Waals surface area contributed by atoms with E-state index in [0.717, 1.165) is 6.42 Å². The van der Waals surface area contributed by atoms with Gasteiger partial charge in [-0.3, -0.25) is 4.79 Å². The van der Waals surface area contributed by atoms with Gasteiger partial charge in [0.2, 0.25) is 5.91 Å². The van der Waals surface area contributed by atoms with Crippen molar-refractivity contribution in [3.63, 3.8) is 0 Å². The number of amides is 1. The van der Waals surface area contributed by atoms with Crippen LogP contribution in [0.4, 0.5) is 5.69 Å². The molecule has 2 aromatic carbocycles. The summed E-state index contributed by atoms with van der Waals surface area (Å²) in [4.78, 5) is 24.0. The number of esters is 1. The average Bonchev–Trinajstić information content (AvgIpc) is 2.66. The number of hydrogen-bond donors (Lipinski definition) is 1. The van der Waals surface area contributed by atoms with Crippen LogP contribution in [0.25, 0.3) is 0 Å². The highest BCUT2D eigenvalue weighted by Crippen LogP contribution is 2.27. The Morgan fingerprint density at radius 2 is 1.76 bits per heavy atom. The zero-order chi connectivity index (χ0) is 21.2. The highest BCUT2D eigenvalue weighted by atomic mass is 35.5. The highest BCUT2D eigenvalue weighted by molar-refractivity contribution is 6.35. The van der Waals surface area contributed by atoms with Crippen LogP contribution in [0.2, 0.25) is 10.0 Å². The Morgan fingerprint density at radius 3 is 2.41 bits per heavy atom. The first kappa shape index (κ1) is 23.0. The first-order valence-corrected chi connectivity index (χ1v) is 10.3. The van der Waals surface area contributed by atoms with E-state index >= 15 is 0 Å². The van der Waals surface area contributed by atoms with Crippen LogP contribution >= 0.6 is 23.2 Å². The maximum Gasteiger partial charge on any atom is 0.338 e. The van der Waals surface area contributed by atoms with Crippen LogP contribution in [-0.4, -0.2) is 25.1 Å². The summed E-state index contributed by atoms with van der Waals surface area (Å²) in [5.41, 5.74) is 1.08. The molecule has 0 fully saturated rings. The van der Waals surface area contributed by atoms with Crippen molar-refractivity contribution in [2.24, 2.45) is 5.92 Å². The Balaban J connectivity index is 1.71. The van der Waals surface area contributed by atoms with Crippen LogP contribution in [0.5, 0.6) is 5.75 Å². The van der Waals surface area contributed by atoms with E-state index in [-0.39, 0.29) is 11.9 Å². The molecule has 0 aliphatic rings. The number of carbonyl (C=O) groups is 2. The fraction of sp³-hybridized carbons (Fsp3) is 0.364. The van der Waals surface area contributed by atoms with Crippen molar-refractivity contribution < 1.29 is 19.1 Å². The summed E-state index contributed by atoms with van der Waals surface area (Å²) in [6.45, 7) is 4.91. The SMILES string of the molecule is CC(C)CCOC(=O)c1ccc(NC(=O)CCCOc2ccc(Cl)cc2Cl)cc1. The van der Waals surface area contributed by atoms with Crippen molar-refractivity contribution in [1.82, 2.24) is 0 Å². The van der Waals surface area contributed by atoms with E-state index in [1.54, 1.807) is 42.5 Å². The lowest BCUT2D eigenvalue weighted by Gasteiger charge is -2.09. The van der Waals surface area contributed by atoms with Gasteiger partial charge in [0.25, 0.3) is 0 Å². The largest absolute Gasteiger partial charge is 0.492 e. The number of nitrogens with one attached hydrogen (secondary N) is 1. The predicted molar refractivity (Wildman–Crippen MR) is 116 cm³/mol. The third-order valence-electron chi connectivity index (χ3n) is 4.03. The Morgan fingerprint density at radius 1 is 1.03 bits per heavy atom. The van der Waals surface area contributed by atoms with Crippen molar-refractivity contribution in [1.29, 1.82) is 0 Å². The van der Waals surface area contributed by atoms with E-state index in [1.807, 2.05) is 0 Å². The molecule has 0 aliphatic heterocycles. The summed E-state index contributed by atoms with van der Waals surface area (Å²) < 4.78 is 10.8. The minimum Gasteiger partial charge on any atom is -0.492 e. The smallest absolute Gasteiger partial charge is 0.338 e. The molecule has 2 aromatic rings. The molecule has 0 aromatic heterocycles. The third-order valence-corrected chi connectivity index (χ3v) is 4.56. The maximum atomic E-state index is 12.1. The lowest BCUT2D eigenvalue weighted by molar-refractivity contribution is -0.116. The molecule has 0 spiro atoms. The highest BCUT2D eigenvalue weighted by Gasteiger charge is 2.09. The van der Waals surface area contributed by atoms with Crippen molar-refractivity contribution in [3.05, 3.63) is 58.1 Å². The molecule has 0 bridgehead atoms. The monoisotopic (exact) mass is 437 g/mol. The number of benzene rings is 2. The zero-order valence-corrected chi connectivity index (χ0v) is 18.1. The molecule has 1 amide bonds. The minimum atomic E-state index is -0.360. The van der Waals surface area contributed by atoms with Gasteiger partial charge in [0.1, 0.15) is 5.75 Å². The van der Waals surface area contributed by atoms with Crippen LogP contribution < -0.4 is 10.1 Å². The fourth-order valence-electron chi connectivity index (χ4n) is 2.39. The summed E-state index contributed by atoms with van der Waals surface area (Å²) >= 11 is 11.9. The molecule has 0 unspecified atom stereocenters. The van der Waals surface area contributed by atoms with Gasteiger partial charge in [-0.15, -0.1) is 0 Å². The molecule has 0 saturated heterocycles. The lowest BCUT2D eigenvalue weighted by atomic mass is 10.1. The molecule has 2 rings (SSSR count). The molecule has 0 aliphatic carbocycles. The molecular weight excluding hydrogens is 413 g/mol. The number of ether oxygens (including phenoxy) is 2. The second-order valence-electron chi connectivity index (χ2n) is 6.97. The van der Waals surface area contributed by atoms with Crippen LogP contribution in [0, 0.1) is 5.92 Å². The summed E-state index contributed by atoms with van der Waals surface area (Å²) in [6.07, 6.45) is 1.66. The number of anilines is 1. The van der Waals surface area contributed by atoms with Crippen LogP contribution in [0.1, 0.15) is 43.5 Å². The van der Waals surface area contributed by atoms with Crippen molar-refractivity contribution in [2.45, 2.75) is 33.1 Å². The Kier molecular flexibility index (Phi) is 9.29. The second kappa shape index (κ2) is 11.7. The van der Waals surface area contributed by atoms with Gasteiger partial charge < -0.3 is 14.8 Å². The van der Waals surface area contributed by atoms with E-state index in [1.165, 1.54) is 0 Å². The molecule has 29 heavy (non-hydrogen) atoms. The number of rotatable bonds is 10. The predicted octanol–water partition coefficient (Wildman–Crippen LogP) is 5.99. The molecule has 0 atom stereocenters. The van der Waals surface area contributed by atoms with E-state index < -0.39 is 0 Å². The zero-order valence-electron chi connectivity index (χ0n) is 16.5. The van der Waals surface area contributed by atoms with Gasteiger partial charge in [-0.05, 0) is 61.2 Å². The number of hydrogen-bond acceptors (Lipinski definition) is 4. The quantitative estimate of drug-likeness (QED) is 0.365. The van der Waals surface area contributed by atoms with Gasteiger partial charge >= 0.3 is 5.97 Å². The van der Waals surface area contributed by atoms with Crippen LogP contribution in [-0.2, 0) is 9.53 Å². The van der Waals surface area contributed by atoms with Crippen LogP contribution in [0.3, 0.4) is 0 Å². The summed E-state index contributed by atoms with van der Waals surface area (Å²) in [6, 6.07) is 11.6. The van der Waals surface area contributed by atoms with Crippen molar-refractivity contribution >= 4 is 40.8 Å². The normalized spacial score (nSPS) is 10.7. The third kappa shape index (κ3) is 8.34. The van der Waals surface area contributed by atoms with E-state index in [4.69, 9.17) is 32.7 Å². The Labute approximate surface area is 181 Å². The maximum absolute atomic E-state index is 12.1. The van der Waals surface area contributed by atoms with Gasteiger partial charge in [0, 0.05) is 17.1 Å². The molecule has 0 saturated carbocycles. The summed E-state index contributed by atoms with van der Waals surface area (Å²) in [5, 5.41) is 3.77. The van der Waals surface area contributed by atoms with E-state index in [2.05, 4.69) is 19.2 Å². The van der Waals surface area contributed by atoms with Gasteiger partial charge in [-0.25, -0.2) is 4.79 Å².